The number of nitrogens with two attached hydrogens (primary N) is 1. The lowest BCUT2D eigenvalue weighted by Gasteiger charge is -2.07. The summed E-state index contributed by atoms with van der Waals surface area (Å²) in [6.45, 7) is 1.24. The molecule has 1 unspecified atom stereocenters. The normalized spacial score (nSPS) is 23.8. The summed E-state index contributed by atoms with van der Waals surface area (Å²) in [4.78, 5) is 10.3. The van der Waals surface area contributed by atoms with E-state index in [4.69, 9.17) is 5.73 Å². The first kappa shape index (κ1) is 8.87. The highest BCUT2D eigenvalue weighted by Gasteiger charge is 2.14. The van der Waals surface area contributed by atoms with Crippen molar-refractivity contribution in [2.75, 3.05) is 18.8 Å². The Morgan fingerprint density at radius 3 is 3.09 bits per heavy atom. The van der Waals surface area contributed by atoms with E-state index < -0.39 is 0 Å². The van der Waals surface area contributed by atoms with E-state index in [-0.39, 0.29) is 5.91 Å². The lowest BCUT2D eigenvalue weighted by Crippen LogP contribution is -2.32. The van der Waals surface area contributed by atoms with Gasteiger partial charge < -0.3 is 11.1 Å². The molecule has 3 nitrogen and oxygen atoms in total. The molecule has 0 aromatic carbocycles. The molecule has 1 amide bonds. The molecule has 0 aromatic heterocycles. The van der Waals surface area contributed by atoms with Crippen LogP contribution >= 0.6 is 11.8 Å². The van der Waals surface area contributed by atoms with Crippen LogP contribution in [0, 0.1) is 0 Å². The molecule has 64 valence electrons. The van der Waals surface area contributed by atoms with Crippen LogP contribution < -0.4 is 11.1 Å². The maximum absolute atomic E-state index is 10.3. The monoisotopic (exact) mass is 174 g/mol. The predicted molar refractivity (Wildman–Crippen MR) is 47.5 cm³/mol. The molecule has 1 fully saturated rings. The molecule has 1 atom stereocenters. The van der Waals surface area contributed by atoms with Crippen molar-refractivity contribution in [3.63, 3.8) is 0 Å². The minimum absolute atomic E-state index is 0.270. The maximum atomic E-state index is 10.3. The number of rotatable bonds is 4. The third-order valence-corrected chi connectivity index (χ3v) is 3.09. The molecule has 1 heterocycles. The number of hydrogen-bond acceptors (Lipinski definition) is 3. The van der Waals surface area contributed by atoms with Gasteiger partial charge in [0.15, 0.2) is 0 Å². The van der Waals surface area contributed by atoms with Crippen LogP contribution in [0.4, 0.5) is 0 Å². The molecule has 0 bridgehead atoms. The molecule has 0 aliphatic carbocycles. The molecule has 0 saturated carbocycles. The van der Waals surface area contributed by atoms with Crippen molar-refractivity contribution in [2.24, 2.45) is 5.73 Å². The standard InChI is InChI=1S/C7H14N2OS/c8-7(10)5-9-4-6-2-1-3-11-6/h6,9H,1-5H2,(H2,8,10). The Balaban J connectivity index is 1.98. The van der Waals surface area contributed by atoms with Crippen molar-refractivity contribution in [3.8, 4) is 0 Å². The maximum Gasteiger partial charge on any atom is 0.231 e. The molecule has 3 N–H and O–H groups in total. The second-order valence-electron chi connectivity index (χ2n) is 2.73. The Bertz CT molecular complexity index is 134. The Labute approximate surface area is 71.1 Å². The molecule has 11 heavy (non-hydrogen) atoms. The lowest BCUT2D eigenvalue weighted by molar-refractivity contribution is -0.117. The van der Waals surface area contributed by atoms with E-state index in [0.29, 0.717) is 11.8 Å². The number of hydrogen-bond donors (Lipinski definition) is 2. The van der Waals surface area contributed by atoms with Crippen molar-refractivity contribution in [3.05, 3.63) is 0 Å². The first-order valence-electron chi connectivity index (χ1n) is 3.89. The van der Waals surface area contributed by atoms with Crippen LogP contribution in [0.5, 0.6) is 0 Å². The fourth-order valence-corrected chi connectivity index (χ4v) is 2.40. The van der Waals surface area contributed by atoms with Crippen LogP contribution in [0.15, 0.2) is 0 Å². The van der Waals surface area contributed by atoms with Crippen LogP contribution in [0.2, 0.25) is 0 Å². The third kappa shape index (κ3) is 3.62. The fourth-order valence-electron chi connectivity index (χ4n) is 1.16. The highest BCUT2D eigenvalue weighted by molar-refractivity contribution is 8.00. The van der Waals surface area contributed by atoms with Crippen LogP contribution in [-0.2, 0) is 4.79 Å². The summed E-state index contributed by atoms with van der Waals surface area (Å²) in [7, 11) is 0. The van der Waals surface area contributed by atoms with Crippen LogP contribution in [-0.4, -0.2) is 30.0 Å². The zero-order chi connectivity index (χ0) is 8.10. The number of amides is 1. The van der Waals surface area contributed by atoms with Gasteiger partial charge in [-0.1, -0.05) is 0 Å². The minimum Gasteiger partial charge on any atom is -0.369 e. The third-order valence-electron chi connectivity index (χ3n) is 1.70. The zero-order valence-electron chi connectivity index (χ0n) is 6.51. The second kappa shape index (κ2) is 4.62. The van der Waals surface area contributed by atoms with E-state index in [2.05, 4.69) is 5.32 Å². The van der Waals surface area contributed by atoms with Gasteiger partial charge in [0.2, 0.25) is 5.91 Å². The van der Waals surface area contributed by atoms with Gasteiger partial charge in [-0.3, -0.25) is 4.79 Å². The topological polar surface area (TPSA) is 55.1 Å². The minimum atomic E-state index is -0.270. The first-order chi connectivity index (χ1) is 5.29. The highest BCUT2D eigenvalue weighted by atomic mass is 32.2. The SMILES string of the molecule is NC(=O)CNCC1CCCS1. The Morgan fingerprint density at radius 1 is 1.73 bits per heavy atom. The van der Waals surface area contributed by atoms with Crippen molar-refractivity contribution in [2.45, 2.75) is 18.1 Å². The number of thioether (sulfide) groups is 1. The van der Waals surface area contributed by atoms with E-state index in [9.17, 15) is 4.79 Å². The van der Waals surface area contributed by atoms with E-state index in [1.54, 1.807) is 0 Å². The predicted octanol–water partition coefficient (Wildman–Crippen LogP) is -0.0431. The van der Waals surface area contributed by atoms with Gasteiger partial charge in [-0.2, -0.15) is 11.8 Å². The largest absolute Gasteiger partial charge is 0.369 e. The van der Waals surface area contributed by atoms with Gasteiger partial charge >= 0.3 is 0 Å². The zero-order valence-corrected chi connectivity index (χ0v) is 7.32. The summed E-state index contributed by atoms with van der Waals surface area (Å²) in [5, 5.41) is 3.73. The molecule has 1 aliphatic heterocycles. The molecular formula is C7H14N2OS. The second-order valence-corrected chi connectivity index (χ2v) is 4.14. The molecule has 4 heteroatoms. The molecule has 1 aliphatic rings. The average Bonchev–Trinajstić information content (AvgIpc) is 2.39. The van der Waals surface area contributed by atoms with Gasteiger partial charge in [0.1, 0.15) is 0 Å². The average molecular weight is 174 g/mol. The van der Waals surface area contributed by atoms with Gasteiger partial charge in [-0.25, -0.2) is 0 Å². The van der Waals surface area contributed by atoms with Crippen molar-refractivity contribution in [1.82, 2.24) is 5.32 Å². The molecule has 0 spiro atoms. The molecule has 0 radical (unpaired) electrons. The summed E-state index contributed by atoms with van der Waals surface area (Å²) in [6, 6.07) is 0. The van der Waals surface area contributed by atoms with Gasteiger partial charge in [-0.15, -0.1) is 0 Å². The van der Waals surface area contributed by atoms with E-state index in [0.717, 1.165) is 6.54 Å². The Hall–Kier alpha value is -0.220. The Morgan fingerprint density at radius 2 is 2.55 bits per heavy atom. The molecule has 1 saturated heterocycles. The summed E-state index contributed by atoms with van der Waals surface area (Å²) < 4.78 is 0. The van der Waals surface area contributed by atoms with E-state index in [1.807, 2.05) is 11.8 Å². The van der Waals surface area contributed by atoms with Crippen molar-refractivity contribution >= 4 is 17.7 Å². The smallest absolute Gasteiger partial charge is 0.231 e. The number of primary amides is 1. The van der Waals surface area contributed by atoms with Gasteiger partial charge in [0.05, 0.1) is 6.54 Å². The quantitative estimate of drug-likeness (QED) is 0.628. The number of carbonyl (C=O) groups excluding carboxylic acids is 1. The first-order valence-corrected chi connectivity index (χ1v) is 4.94. The van der Waals surface area contributed by atoms with E-state index >= 15 is 0 Å². The number of carbonyl (C=O) groups is 1. The van der Waals surface area contributed by atoms with Gasteiger partial charge in [-0.05, 0) is 18.6 Å². The molecule has 1 rings (SSSR count). The van der Waals surface area contributed by atoms with Crippen LogP contribution in [0.25, 0.3) is 0 Å². The summed E-state index contributed by atoms with van der Waals surface area (Å²) in [5.41, 5.74) is 4.97. The van der Waals surface area contributed by atoms with Gasteiger partial charge in [0, 0.05) is 11.8 Å². The van der Waals surface area contributed by atoms with Crippen molar-refractivity contribution < 1.29 is 4.79 Å². The summed E-state index contributed by atoms with van der Waals surface area (Å²) >= 11 is 1.98. The van der Waals surface area contributed by atoms with Crippen LogP contribution in [0.1, 0.15) is 12.8 Å². The highest BCUT2D eigenvalue weighted by Crippen LogP contribution is 2.24. The molecule has 0 aromatic rings. The van der Waals surface area contributed by atoms with Crippen molar-refractivity contribution in [1.29, 1.82) is 0 Å². The summed E-state index contributed by atoms with van der Waals surface area (Å²) in [5.74, 6) is 0.996. The summed E-state index contributed by atoms with van der Waals surface area (Å²) in [6.07, 6.45) is 2.59. The molecular weight excluding hydrogens is 160 g/mol. The Kier molecular flexibility index (Phi) is 3.72. The lowest BCUT2D eigenvalue weighted by atomic mass is 10.2. The van der Waals surface area contributed by atoms with Crippen LogP contribution in [0.3, 0.4) is 0 Å². The van der Waals surface area contributed by atoms with Gasteiger partial charge in [0.25, 0.3) is 0 Å². The number of nitrogens with one attached hydrogen (secondary N) is 1. The van der Waals surface area contributed by atoms with E-state index in [1.165, 1.54) is 18.6 Å². The fraction of sp³-hybridized carbons (Fsp3) is 0.857.